The van der Waals surface area contributed by atoms with Crippen LogP contribution in [-0.4, -0.2) is 38.9 Å². The lowest BCUT2D eigenvalue weighted by Gasteiger charge is -2.09. The summed E-state index contributed by atoms with van der Waals surface area (Å²) in [5.74, 6) is -0.167. The van der Waals surface area contributed by atoms with Gasteiger partial charge in [0.25, 0.3) is 0 Å². The highest BCUT2D eigenvalue weighted by Gasteiger charge is 2.14. The quantitative estimate of drug-likeness (QED) is 0.497. The van der Waals surface area contributed by atoms with Crippen molar-refractivity contribution in [3.8, 4) is 0 Å². The number of ether oxygens (including phenoxy) is 2. The molecule has 1 rings (SSSR count). The van der Waals surface area contributed by atoms with Gasteiger partial charge in [0.2, 0.25) is 0 Å². The van der Waals surface area contributed by atoms with Gasteiger partial charge in [-0.15, -0.1) is 0 Å². The van der Waals surface area contributed by atoms with E-state index < -0.39 is 0 Å². The normalized spacial score (nSPS) is 21.8. The van der Waals surface area contributed by atoms with Crippen LogP contribution < -0.4 is 5.32 Å². The minimum atomic E-state index is -0.167. The van der Waals surface area contributed by atoms with Crippen LogP contribution in [0.25, 0.3) is 0 Å². The molecule has 1 saturated heterocycles. The first-order valence-corrected chi connectivity index (χ1v) is 4.72. The Morgan fingerprint density at radius 3 is 3.15 bits per heavy atom. The number of nitrogens with one attached hydrogen (secondary N) is 1. The predicted octanol–water partition coefficient (Wildman–Crippen LogP) is 0.318. The second kappa shape index (κ2) is 5.94. The minimum Gasteiger partial charge on any atom is -0.469 e. The third kappa shape index (κ3) is 4.24. The van der Waals surface area contributed by atoms with Gasteiger partial charge < -0.3 is 14.8 Å². The van der Waals surface area contributed by atoms with Crippen molar-refractivity contribution in [2.75, 3.05) is 26.8 Å². The fourth-order valence-corrected chi connectivity index (χ4v) is 1.36. The zero-order valence-electron chi connectivity index (χ0n) is 8.04. The van der Waals surface area contributed by atoms with E-state index in [2.05, 4.69) is 10.1 Å². The molecule has 4 heteroatoms. The Bertz CT molecular complexity index is 155. The van der Waals surface area contributed by atoms with E-state index in [1.165, 1.54) is 7.11 Å². The molecule has 4 nitrogen and oxygen atoms in total. The van der Waals surface area contributed by atoms with E-state index in [0.29, 0.717) is 19.1 Å². The standard InChI is InChI=1S/C9H17NO3/c1-12-9(11)4-5-10-7-8-3-2-6-13-8/h8,10H,2-7H2,1H3. The van der Waals surface area contributed by atoms with Crippen LogP contribution in [0.3, 0.4) is 0 Å². The van der Waals surface area contributed by atoms with Crippen LogP contribution in [0.5, 0.6) is 0 Å². The third-order valence-corrected chi connectivity index (χ3v) is 2.13. The maximum atomic E-state index is 10.7. The maximum Gasteiger partial charge on any atom is 0.306 e. The Hall–Kier alpha value is -0.610. The first-order chi connectivity index (χ1) is 6.33. The first kappa shape index (κ1) is 10.5. The van der Waals surface area contributed by atoms with Crippen molar-refractivity contribution in [1.29, 1.82) is 0 Å². The molecule has 1 fully saturated rings. The van der Waals surface area contributed by atoms with Gasteiger partial charge in [-0.2, -0.15) is 0 Å². The predicted molar refractivity (Wildman–Crippen MR) is 48.5 cm³/mol. The summed E-state index contributed by atoms with van der Waals surface area (Å²) in [6.07, 6.45) is 3.07. The fourth-order valence-electron chi connectivity index (χ4n) is 1.36. The molecular weight excluding hydrogens is 170 g/mol. The Morgan fingerprint density at radius 1 is 1.69 bits per heavy atom. The molecule has 0 amide bonds. The van der Waals surface area contributed by atoms with E-state index in [1.54, 1.807) is 0 Å². The lowest BCUT2D eigenvalue weighted by molar-refractivity contribution is -0.140. The van der Waals surface area contributed by atoms with E-state index in [1.807, 2.05) is 0 Å². The van der Waals surface area contributed by atoms with Gasteiger partial charge >= 0.3 is 5.97 Å². The topological polar surface area (TPSA) is 47.6 Å². The molecule has 0 saturated carbocycles. The molecule has 13 heavy (non-hydrogen) atoms. The molecular formula is C9H17NO3. The number of rotatable bonds is 5. The molecule has 0 aromatic carbocycles. The van der Waals surface area contributed by atoms with Crippen LogP contribution in [0.1, 0.15) is 19.3 Å². The summed E-state index contributed by atoms with van der Waals surface area (Å²) in [6.45, 7) is 2.40. The molecule has 1 aliphatic heterocycles. The van der Waals surface area contributed by atoms with E-state index in [4.69, 9.17) is 4.74 Å². The summed E-state index contributed by atoms with van der Waals surface area (Å²) in [5.41, 5.74) is 0. The van der Waals surface area contributed by atoms with Gasteiger partial charge in [-0.25, -0.2) is 0 Å². The second-order valence-corrected chi connectivity index (χ2v) is 3.17. The lowest BCUT2D eigenvalue weighted by Crippen LogP contribution is -2.28. The Morgan fingerprint density at radius 2 is 2.54 bits per heavy atom. The molecule has 0 radical (unpaired) electrons. The summed E-state index contributed by atoms with van der Waals surface area (Å²) in [4.78, 5) is 10.7. The van der Waals surface area contributed by atoms with Crippen molar-refractivity contribution >= 4 is 5.97 Å². The summed E-state index contributed by atoms with van der Waals surface area (Å²) in [5, 5.41) is 3.17. The van der Waals surface area contributed by atoms with Crippen LogP contribution in [0, 0.1) is 0 Å². The number of carbonyl (C=O) groups excluding carboxylic acids is 1. The SMILES string of the molecule is COC(=O)CCNCC1CCCO1. The average Bonchev–Trinajstić information content (AvgIpc) is 2.64. The van der Waals surface area contributed by atoms with E-state index in [9.17, 15) is 4.79 Å². The zero-order chi connectivity index (χ0) is 9.52. The molecule has 1 unspecified atom stereocenters. The van der Waals surface area contributed by atoms with Crippen molar-refractivity contribution in [2.24, 2.45) is 0 Å². The fraction of sp³-hybridized carbons (Fsp3) is 0.889. The van der Waals surface area contributed by atoms with Gasteiger partial charge in [0.15, 0.2) is 0 Å². The summed E-state index contributed by atoms with van der Waals surface area (Å²) >= 11 is 0. The molecule has 1 N–H and O–H groups in total. The summed E-state index contributed by atoms with van der Waals surface area (Å²) in [7, 11) is 1.41. The Kier molecular flexibility index (Phi) is 4.78. The van der Waals surface area contributed by atoms with Crippen molar-refractivity contribution in [3.63, 3.8) is 0 Å². The van der Waals surface area contributed by atoms with Crippen molar-refractivity contribution in [3.05, 3.63) is 0 Å². The van der Waals surface area contributed by atoms with E-state index in [0.717, 1.165) is 26.0 Å². The van der Waals surface area contributed by atoms with Crippen LogP contribution >= 0.6 is 0 Å². The summed E-state index contributed by atoms with van der Waals surface area (Å²) < 4.78 is 9.92. The molecule has 0 bridgehead atoms. The van der Waals surface area contributed by atoms with Gasteiger partial charge in [-0.05, 0) is 12.8 Å². The zero-order valence-corrected chi connectivity index (χ0v) is 8.04. The molecule has 0 aromatic heterocycles. The number of hydrogen-bond acceptors (Lipinski definition) is 4. The van der Waals surface area contributed by atoms with Crippen LogP contribution in [0.2, 0.25) is 0 Å². The van der Waals surface area contributed by atoms with Gasteiger partial charge in [-0.3, -0.25) is 4.79 Å². The number of hydrogen-bond donors (Lipinski definition) is 1. The summed E-state index contributed by atoms with van der Waals surface area (Å²) in [6, 6.07) is 0. The highest BCUT2D eigenvalue weighted by atomic mass is 16.5. The highest BCUT2D eigenvalue weighted by molar-refractivity contribution is 5.69. The van der Waals surface area contributed by atoms with Gasteiger partial charge in [0.1, 0.15) is 0 Å². The molecule has 1 heterocycles. The van der Waals surface area contributed by atoms with Crippen molar-refractivity contribution in [2.45, 2.75) is 25.4 Å². The van der Waals surface area contributed by atoms with Crippen LogP contribution in [-0.2, 0) is 14.3 Å². The third-order valence-electron chi connectivity index (χ3n) is 2.13. The minimum absolute atomic E-state index is 0.167. The van der Waals surface area contributed by atoms with Gasteiger partial charge in [0, 0.05) is 19.7 Å². The molecule has 1 aliphatic rings. The lowest BCUT2D eigenvalue weighted by atomic mass is 10.2. The Labute approximate surface area is 78.6 Å². The average molecular weight is 187 g/mol. The number of methoxy groups -OCH3 is 1. The first-order valence-electron chi connectivity index (χ1n) is 4.72. The van der Waals surface area contributed by atoms with Crippen molar-refractivity contribution in [1.82, 2.24) is 5.32 Å². The second-order valence-electron chi connectivity index (χ2n) is 3.17. The van der Waals surface area contributed by atoms with Crippen LogP contribution in [0.4, 0.5) is 0 Å². The van der Waals surface area contributed by atoms with Crippen molar-refractivity contribution < 1.29 is 14.3 Å². The van der Waals surface area contributed by atoms with E-state index >= 15 is 0 Å². The molecule has 0 aromatic rings. The molecule has 76 valence electrons. The largest absolute Gasteiger partial charge is 0.469 e. The molecule has 1 atom stereocenters. The van der Waals surface area contributed by atoms with Gasteiger partial charge in [0.05, 0.1) is 19.6 Å². The molecule has 0 aliphatic carbocycles. The monoisotopic (exact) mass is 187 g/mol. The smallest absolute Gasteiger partial charge is 0.306 e. The number of carbonyl (C=O) groups is 1. The van der Waals surface area contributed by atoms with E-state index in [-0.39, 0.29) is 5.97 Å². The number of esters is 1. The van der Waals surface area contributed by atoms with Crippen LogP contribution in [0.15, 0.2) is 0 Å². The highest BCUT2D eigenvalue weighted by Crippen LogP contribution is 2.10. The molecule has 0 spiro atoms. The maximum absolute atomic E-state index is 10.7. The Balaban J connectivity index is 1.91. The van der Waals surface area contributed by atoms with Gasteiger partial charge in [-0.1, -0.05) is 0 Å².